The van der Waals surface area contributed by atoms with E-state index in [4.69, 9.17) is 5.26 Å². The molecule has 1 amide bonds. The third-order valence-electron chi connectivity index (χ3n) is 3.45. The van der Waals surface area contributed by atoms with Crippen LogP contribution in [0.5, 0.6) is 0 Å². The van der Waals surface area contributed by atoms with Gasteiger partial charge in [0.1, 0.15) is 5.54 Å². The average molecular weight is 316 g/mol. The molecule has 0 heterocycles. The number of nitrogens with one attached hydrogen (secondary N) is 1. The van der Waals surface area contributed by atoms with Crippen molar-refractivity contribution in [1.29, 1.82) is 5.26 Å². The molecule has 0 radical (unpaired) electrons. The number of nitrogens with zero attached hydrogens (tertiary/aromatic N) is 1. The third kappa shape index (κ3) is 4.51. The number of halogens is 6. The molecular formula is C12H14F6N2O. The van der Waals surface area contributed by atoms with Crippen LogP contribution in [0.25, 0.3) is 0 Å². The second-order valence-corrected chi connectivity index (χ2v) is 5.11. The second-order valence-electron chi connectivity index (χ2n) is 5.11. The van der Waals surface area contributed by atoms with Crippen molar-refractivity contribution < 1.29 is 31.1 Å². The fraction of sp³-hybridized carbons (Fsp3) is 0.833. The van der Waals surface area contributed by atoms with Crippen molar-refractivity contribution in [3.05, 3.63) is 0 Å². The van der Waals surface area contributed by atoms with Crippen molar-refractivity contribution in [3.8, 4) is 6.07 Å². The number of carbonyl (C=O) groups is 1. The molecule has 9 heteroatoms. The molecule has 0 aliphatic heterocycles. The van der Waals surface area contributed by atoms with Crippen LogP contribution in [0.3, 0.4) is 0 Å². The summed E-state index contributed by atoms with van der Waals surface area (Å²) in [7, 11) is 0. The van der Waals surface area contributed by atoms with Crippen LogP contribution in [0.2, 0.25) is 0 Å². The average Bonchev–Trinajstić information content (AvgIpc) is 2.51. The standard InChI is InChI=1S/C12H14F6N2O/c13-11(14,15)8(12(16,17)18)9(21)20-10(7-19)5-3-1-2-4-6-10/h8H,1-6H2,(H,20,21). The summed E-state index contributed by atoms with van der Waals surface area (Å²) < 4.78 is 74.8. The highest BCUT2D eigenvalue weighted by atomic mass is 19.4. The predicted octanol–water partition coefficient (Wildman–Crippen LogP) is 3.46. The van der Waals surface area contributed by atoms with E-state index in [-0.39, 0.29) is 12.8 Å². The molecular weight excluding hydrogens is 302 g/mol. The largest absolute Gasteiger partial charge is 0.409 e. The Morgan fingerprint density at radius 1 is 1.00 bits per heavy atom. The van der Waals surface area contributed by atoms with Gasteiger partial charge in [0.2, 0.25) is 11.8 Å². The van der Waals surface area contributed by atoms with Gasteiger partial charge in [-0.1, -0.05) is 25.7 Å². The topological polar surface area (TPSA) is 52.9 Å². The SMILES string of the molecule is N#CC1(NC(=O)C(C(F)(F)F)C(F)(F)F)CCCCCC1. The highest BCUT2D eigenvalue weighted by molar-refractivity contribution is 5.81. The van der Waals surface area contributed by atoms with E-state index in [2.05, 4.69) is 0 Å². The van der Waals surface area contributed by atoms with E-state index < -0.39 is 29.7 Å². The molecule has 0 aromatic carbocycles. The quantitative estimate of drug-likeness (QED) is 0.626. The summed E-state index contributed by atoms with van der Waals surface area (Å²) in [6.45, 7) is 0. The van der Waals surface area contributed by atoms with Gasteiger partial charge in [-0.25, -0.2) is 0 Å². The molecule has 21 heavy (non-hydrogen) atoms. The van der Waals surface area contributed by atoms with Crippen molar-refractivity contribution in [2.45, 2.75) is 56.4 Å². The maximum Gasteiger partial charge on any atom is 0.409 e. The normalized spacial score (nSPS) is 19.7. The molecule has 1 rings (SSSR count). The van der Waals surface area contributed by atoms with Gasteiger partial charge in [-0.3, -0.25) is 4.79 Å². The van der Waals surface area contributed by atoms with Crippen molar-refractivity contribution in [3.63, 3.8) is 0 Å². The molecule has 1 fully saturated rings. The number of hydrogen-bond donors (Lipinski definition) is 1. The lowest BCUT2D eigenvalue weighted by Gasteiger charge is -2.30. The van der Waals surface area contributed by atoms with E-state index in [0.29, 0.717) is 12.8 Å². The van der Waals surface area contributed by atoms with Crippen LogP contribution >= 0.6 is 0 Å². The van der Waals surface area contributed by atoms with Gasteiger partial charge in [0, 0.05) is 0 Å². The van der Waals surface area contributed by atoms with Crippen molar-refractivity contribution in [2.75, 3.05) is 0 Å². The Morgan fingerprint density at radius 3 is 1.76 bits per heavy atom. The second kappa shape index (κ2) is 6.12. The first-order valence-corrected chi connectivity index (χ1v) is 6.38. The number of carbonyl (C=O) groups excluding carboxylic acids is 1. The third-order valence-corrected chi connectivity index (χ3v) is 3.45. The van der Waals surface area contributed by atoms with E-state index in [1.54, 1.807) is 11.4 Å². The zero-order chi connectivity index (χ0) is 16.3. The first-order chi connectivity index (χ1) is 9.52. The van der Waals surface area contributed by atoms with Gasteiger partial charge in [-0.15, -0.1) is 0 Å². The van der Waals surface area contributed by atoms with Crippen LogP contribution in [-0.4, -0.2) is 23.8 Å². The van der Waals surface area contributed by atoms with E-state index >= 15 is 0 Å². The molecule has 0 saturated heterocycles. The molecule has 1 N–H and O–H groups in total. The summed E-state index contributed by atoms with van der Waals surface area (Å²) >= 11 is 0. The molecule has 0 spiro atoms. The van der Waals surface area contributed by atoms with Gasteiger partial charge >= 0.3 is 12.4 Å². The first-order valence-electron chi connectivity index (χ1n) is 6.38. The Labute approximate surface area is 117 Å². The molecule has 1 aliphatic rings. The van der Waals surface area contributed by atoms with E-state index in [1.807, 2.05) is 0 Å². The molecule has 0 bridgehead atoms. The molecule has 0 aromatic rings. The highest BCUT2D eigenvalue weighted by Gasteiger charge is 2.61. The van der Waals surface area contributed by atoms with Crippen LogP contribution in [0.4, 0.5) is 26.3 Å². The Balaban J connectivity index is 2.97. The van der Waals surface area contributed by atoms with E-state index in [9.17, 15) is 31.1 Å². The molecule has 3 nitrogen and oxygen atoms in total. The van der Waals surface area contributed by atoms with Crippen molar-refractivity contribution >= 4 is 5.91 Å². The molecule has 120 valence electrons. The Hall–Kier alpha value is -1.46. The Kier molecular flexibility index (Phi) is 5.12. The summed E-state index contributed by atoms with van der Waals surface area (Å²) in [5.74, 6) is -6.32. The lowest BCUT2D eigenvalue weighted by Crippen LogP contribution is -2.55. The van der Waals surface area contributed by atoms with Gasteiger partial charge in [0.25, 0.3) is 0 Å². The molecule has 0 unspecified atom stereocenters. The monoisotopic (exact) mass is 316 g/mol. The molecule has 0 aromatic heterocycles. The van der Waals surface area contributed by atoms with E-state index in [1.165, 1.54) is 0 Å². The van der Waals surface area contributed by atoms with Gasteiger partial charge in [0.05, 0.1) is 6.07 Å². The highest BCUT2D eigenvalue weighted by Crippen LogP contribution is 2.40. The number of amides is 1. The zero-order valence-electron chi connectivity index (χ0n) is 10.9. The summed E-state index contributed by atoms with van der Waals surface area (Å²) in [6, 6.07) is 1.68. The fourth-order valence-corrected chi connectivity index (χ4v) is 2.39. The Bertz CT molecular complexity index is 401. The predicted molar refractivity (Wildman–Crippen MR) is 59.8 cm³/mol. The minimum Gasteiger partial charge on any atom is -0.337 e. The van der Waals surface area contributed by atoms with Crippen LogP contribution in [0, 0.1) is 17.2 Å². The van der Waals surface area contributed by atoms with Gasteiger partial charge in [0.15, 0.2) is 0 Å². The fourth-order valence-electron chi connectivity index (χ4n) is 2.39. The minimum atomic E-state index is -5.75. The summed E-state index contributed by atoms with van der Waals surface area (Å²) in [5.41, 5.74) is -1.65. The number of nitriles is 1. The summed E-state index contributed by atoms with van der Waals surface area (Å²) in [6.07, 6.45) is -9.00. The molecule has 0 atom stereocenters. The van der Waals surface area contributed by atoms with Gasteiger partial charge < -0.3 is 5.32 Å². The molecule has 1 saturated carbocycles. The lowest BCUT2D eigenvalue weighted by molar-refractivity contribution is -0.274. The van der Waals surface area contributed by atoms with Crippen LogP contribution in [0.15, 0.2) is 0 Å². The van der Waals surface area contributed by atoms with Gasteiger partial charge in [-0.05, 0) is 12.8 Å². The number of hydrogen-bond acceptors (Lipinski definition) is 2. The summed E-state index contributed by atoms with van der Waals surface area (Å²) in [4.78, 5) is 11.5. The lowest BCUT2D eigenvalue weighted by atomic mass is 9.90. The van der Waals surface area contributed by atoms with Gasteiger partial charge in [-0.2, -0.15) is 31.6 Å². The minimum absolute atomic E-state index is 0.0532. The van der Waals surface area contributed by atoms with Crippen molar-refractivity contribution in [2.24, 2.45) is 5.92 Å². The maximum atomic E-state index is 12.5. The zero-order valence-corrected chi connectivity index (χ0v) is 10.9. The maximum absolute atomic E-state index is 12.5. The number of alkyl halides is 6. The van der Waals surface area contributed by atoms with Crippen LogP contribution < -0.4 is 5.32 Å². The van der Waals surface area contributed by atoms with Crippen LogP contribution in [-0.2, 0) is 4.79 Å². The Morgan fingerprint density at radius 2 is 1.43 bits per heavy atom. The van der Waals surface area contributed by atoms with Crippen LogP contribution in [0.1, 0.15) is 38.5 Å². The molecule has 1 aliphatic carbocycles. The number of rotatable bonds is 2. The smallest absolute Gasteiger partial charge is 0.337 e. The first kappa shape index (κ1) is 17.6. The van der Waals surface area contributed by atoms with Crippen molar-refractivity contribution in [1.82, 2.24) is 5.32 Å². The summed E-state index contributed by atoms with van der Waals surface area (Å²) in [5, 5.41) is 10.8. The van der Waals surface area contributed by atoms with E-state index in [0.717, 1.165) is 12.8 Å².